The van der Waals surface area contributed by atoms with E-state index in [4.69, 9.17) is 14.9 Å². The predicted molar refractivity (Wildman–Crippen MR) is 34.7 cm³/mol. The minimum absolute atomic E-state index is 0.599. The van der Waals surface area contributed by atoms with Crippen molar-refractivity contribution in [1.82, 2.24) is 0 Å². The molecule has 0 aliphatic carbocycles. The molecule has 0 heterocycles. The number of aliphatic hydroxyl groups excluding tert-OH is 1. The Balaban J connectivity index is 3.72. The van der Waals surface area contributed by atoms with Gasteiger partial charge in [-0.2, -0.15) is 0 Å². The molecule has 7 heteroatoms. The number of phosphoric ester groups is 1. The van der Waals surface area contributed by atoms with Crippen LogP contribution in [0.15, 0.2) is 0 Å². The third-order valence-electron chi connectivity index (χ3n) is 0.870. The molecule has 0 aliphatic rings. The highest BCUT2D eigenvalue weighted by atomic mass is 31.2. The van der Waals surface area contributed by atoms with Crippen LogP contribution >= 0.6 is 7.82 Å². The van der Waals surface area contributed by atoms with Crippen LogP contribution < -0.4 is 0 Å². The molecule has 0 aromatic rings. The lowest BCUT2D eigenvalue weighted by Gasteiger charge is -2.07. The maximum Gasteiger partial charge on any atom is 0.469 e. The number of carbonyl (C=O) groups is 1. The summed E-state index contributed by atoms with van der Waals surface area (Å²) in [5, 5.41) is 8.67. The lowest BCUT2D eigenvalue weighted by molar-refractivity contribution is -0.126. The number of ketones is 1. The smallest absolute Gasteiger partial charge is 0.383 e. The van der Waals surface area contributed by atoms with Gasteiger partial charge in [-0.05, 0) is 6.92 Å². The molecular weight excluding hydrogens is 176 g/mol. The molecule has 66 valence electrons. The van der Waals surface area contributed by atoms with Crippen molar-refractivity contribution in [2.45, 2.75) is 13.0 Å². The highest BCUT2D eigenvalue weighted by Gasteiger charge is 2.18. The van der Waals surface area contributed by atoms with Crippen LogP contribution in [0.25, 0.3) is 0 Å². The number of carbonyl (C=O) groups excluding carboxylic acids is 1. The van der Waals surface area contributed by atoms with Crippen molar-refractivity contribution in [3.63, 3.8) is 0 Å². The number of aliphatic hydroxyl groups is 1. The molecule has 0 bridgehead atoms. The number of hydrogen-bond acceptors (Lipinski definition) is 4. The second kappa shape index (κ2) is 3.94. The molecule has 11 heavy (non-hydrogen) atoms. The molecule has 0 aliphatic heterocycles. The zero-order chi connectivity index (χ0) is 9.07. The molecule has 0 radical (unpaired) electrons. The summed E-state index contributed by atoms with van der Waals surface area (Å²) in [4.78, 5) is 26.5. The summed E-state index contributed by atoms with van der Waals surface area (Å²) in [5.41, 5.74) is 0. The Bertz CT molecular complexity index is 183. The molecule has 0 saturated heterocycles. The largest absolute Gasteiger partial charge is 0.469 e. The fourth-order valence-electron chi connectivity index (χ4n) is 0.285. The van der Waals surface area contributed by atoms with E-state index in [1.54, 1.807) is 0 Å². The third kappa shape index (κ3) is 6.15. The fraction of sp³-hybridized carbons (Fsp3) is 0.750. The molecule has 0 rings (SSSR count). The van der Waals surface area contributed by atoms with Crippen LogP contribution in [0, 0.1) is 0 Å². The van der Waals surface area contributed by atoms with E-state index >= 15 is 0 Å². The minimum atomic E-state index is -4.57. The summed E-state index contributed by atoms with van der Waals surface area (Å²) in [7, 11) is -4.57. The van der Waals surface area contributed by atoms with E-state index in [9.17, 15) is 9.36 Å². The number of phosphoric acid groups is 1. The maximum atomic E-state index is 10.3. The first-order valence-electron chi connectivity index (χ1n) is 2.71. The Labute approximate surface area is 63.0 Å². The highest BCUT2D eigenvalue weighted by Crippen LogP contribution is 2.35. The van der Waals surface area contributed by atoms with E-state index in [0.29, 0.717) is 0 Å². The Morgan fingerprint density at radius 1 is 1.64 bits per heavy atom. The highest BCUT2D eigenvalue weighted by molar-refractivity contribution is 7.46. The van der Waals surface area contributed by atoms with Gasteiger partial charge in [-0.3, -0.25) is 9.32 Å². The van der Waals surface area contributed by atoms with E-state index in [1.165, 1.54) is 0 Å². The van der Waals surface area contributed by atoms with Crippen molar-refractivity contribution in [2.75, 3.05) is 6.61 Å². The first-order valence-corrected chi connectivity index (χ1v) is 4.24. The third-order valence-corrected chi connectivity index (χ3v) is 1.36. The summed E-state index contributed by atoms with van der Waals surface area (Å²) >= 11 is 0. The number of Topliss-reactive ketones (excluding diaryl/α,β-unsaturated/α-hetero) is 1. The number of hydrogen-bond donors (Lipinski definition) is 3. The second-order valence-corrected chi connectivity index (χ2v) is 3.15. The molecule has 0 amide bonds. The van der Waals surface area contributed by atoms with Crippen LogP contribution in [-0.4, -0.2) is 33.4 Å². The van der Waals surface area contributed by atoms with Crippen LogP contribution in [0.3, 0.4) is 0 Å². The summed E-state index contributed by atoms with van der Waals surface area (Å²) in [6, 6.07) is 0. The summed E-state index contributed by atoms with van der Waals surface area (Å²) < 4.78 is 13.9. The zero-order valence-corrected chi connectivity index (χ0v) is 6.69. The minimum Gasteiger partial charge on any atom is -0.383 e. The van der Waals surface area contributed by atoms with Gasteiger partial charge in [0.15, 0.2) is 5.78 Å². The van der Waals surface area contributed by atoms with Gasteiger partial charge in [-0.1, -0.05) is 0 Å². The quantitative estimate of drug-likeness (QED) is 0.385. The molecule has 0 aromatic carbocycles. The van der Waals surface area contributed by atoms with Crippen molar-refractivity contribution in [1.29, 1.82) is 0 Å². The van der Waals surface area contributed by atoms with E-state index in [1.807, 2.05) is 0 Å². The van der Waals surface area contributed by atoms with E-state index in [0.717, 1.165) is 6.92 Å². The molecular formula is C4H9O6P. The van der Waals surface area contributed by atoms with Gasteiger partial charge in [0.2, 0.25) is 0 Å². The predicted octanol–water partition coefficient (Wildman–Crippen LogP) is -0.954. The van der Waals surface area contributed by atoms with Gasteiger partial charge in [0.25, 0.3) is 0 Å². The van der Waals surface area contributed by atoms with Crippen LogP contribution in [0.2, 0.25) is 0 Å². The van der Waals surface area contributed by atoms with Crippen LogP contribution in [0.5, 0.6) is 0 Å². The first kappa shape index (κ1) is 10.7. The Morgan fingerprint density at radius 3 is 2.36 bits per heavy atom. The number of rotatable bonds is 4. The molecule has 0 spiro atoms. The molecule has 0 saturated carbocycles. The van der Waals surface area contributed by atoms with Crippen molar-refractivity contribution >= 4 is 13.6 Å². The Morgan fingerprint density at radius 2 is 2.09 bits per heavy atom. The fourth-order valence-corrected chi connectivity index (χ4v) is 0.620. The standard InChI is InChI=1S/C4H9O6P/c1-3(5)4(6)2-10-11(7,8)9/h4,6H,2H2,1H3,(H2,7,8,9)/t4-/m0/s1/i1+1. The van der Waals surface area contributed by atoms with Crippen molar-refractivity contribution in [2.24, 2.45) is 0 Å². The average molecular weight is 185 g/mol. The normalized spacial score (nSPS) is 14.5. The molecule has 1 atom stereocenters. The second-order valence-electron chi connectivity index (χ2n) is 1.91. The summed E-state index contributed by atoms with van der Waals surface area (Å²) in [5.74, 6) is -0.599. The lowest BCUT2D eigenvalue weighted by Crippen LogP contribution is -2.22. The van der Waals surface area contributed by atoms with Crippen LogP contribution in [-0.2, 0) is 13.9 Å². The van der Waals surface area contributed by atoms with Gasteiger partial charge in [0.1, 0.15) is 6.10 Å². The summed E-state index contributed by atoms with van der Waals surface area (Å²) in [6.07, 6.45) is -1.47. The van der Waals surface area contributed by atoms with Crippen LogP contribution in [0.4, 0.5) is 0 Å². The van der Waals surface area contributed by atoms with Gasteiger partial charge in [-0.15, -0.1) is 0 Å². The average Bonchev–Trinajstić information content (AvgIpc) is 1.80. The topological polar surface area (TPSA) is 104 Å². The van der Waals surface area contributed by atoms with Crippen molar-refractivity contribution in [3.05, 3.63) is 0 Å². The van der Waals surface area contributed by atoms with Crippen LogP contribution in [0.1, 0.15) is 6.92 Å². The molecule has 0 aromatic heterocycles. The monoisotopic (exact) mass is 185 g/mol. The van der Waals surface area contributed by atoms with Gasteiger partial charge in [0.05, 0.1) is 6.61 Å². The molecule has 0 unspecified atom stereocenters. The van der Waals surface area contributed by atoms with Gasteiger partial charge in [-0.25, -0.2) is 4.57 Å². The van der Waals surface area contributed by atoms with E-state index < -0.39 is 26.3 Å². The van der Waals surface area contributed by atoms with Gasteiger partial charge < -0.3 is 14.9 Å². The van der Waals surface area contributed by atoms with Crippen molar-refractivity contribution in [3.8, 4) is 0 Å². The maximum absolute atomic E-state index is 10.3. The molecule has 0 fully saturated rings. The van der Waals surface area contributed by atoms with Gasteiger partial charge >= 0.3 is 7.82 Å². The van der Waals surface area contributed by atoms with Gasteiger partial charge in [0, 0.05) is 0 Å². The van der Waals surface area contributed by atoms with E-state index in [-0.39, 0.29) is 0 Å². The molecule has 3 N–H and O–H groups in total. The Hall–Kier alpha value is -0.260. The Kier molecular flexibility index (Phi) is 3.85. The SMILES string of the molecule is [13CH3]C(=O)[C@@H](O)COP(=O)(O)O. The molecule has 6 nitrogen and oxygen atoms in total. The summed E-state index contributed by atoms with van der Waals surface area (Å²) in [6.45, 7) is 0.410. The van der Waals surface area contributed by atoms with E-state index in [2.05, 4.69) is 4.52 Å². The first-order chi connectivity index (χ1) is 4.83. The zero-order valence-electron chi connectivity index (χ0n) is 5.80. The lowest BCUT2D eigenvalue weighted by atomic mass is 10.3. The van der Waals surface area contributed by atoms with Crippen molar-refractivity contribution < 1.29 is 28.8 Å².